The van der Waals surface area contributed by atoms with Crippen molar-refractivity contribution in [3.63, 3.8) is 0 Å². The molecule has 0 saturated carbocycles. The highest BCUT2D eigenvalue weighted by Crippen LogP contribution is 2.36. The van der Waals surface area contributed by atoms with Crippen LogP contribution >= 0.6 is 0 Å². The quantitative estimate of drug-likeness (QED) is 0.888. The predicted octanol–water partition coefficient (Wildman–Crippen LogP) is 1.52. The number of nitrogens with one attached hydrogen (secondary N) is 1. The van der Waals surface area contributed by atoms with Crippen molar-refractivity contribution in [1.82, 2.24) is 5.32 Å². The third kappa shape index (κ3) is 2.68. The Bertz CT molecular complexity index is 558. The minimum absolute atomic E-state index is 0.0691. The van der Waals surface area contributed by atoms with Gasteiger partial charge < -0.3 is 20.5 Å². The summed E-state index contributed by atoms with van der Waals surface area (Å²) in [6.07, 6.45) is 1.86. The standard InChI is InChI=1S/C16H21FN2O3/c17-12-3-1-2-11-13(4-7-22-14(11)12)19-15(20)16(10-18)5-8-21-9-6-16/h1-3,13H,4-10,18H2,(H,19,20)/t13-/m1/s1. The van der Waals surface area contributed by atoms with Crippen molar-refractivity contribution in [1.29, 1.82) is 0 Å². The molecule has 0 spiro atoms. The van der Waals surface area contributed by atoms with Gasteiger partial charge in [-0.25, -0.2) is 4.39 Å². The van der Waals surface area contributed by atoms with Gasteiger partial charge in [-0.15, -0.1) is 0 Å². The van der Waals surface area contributed by atoms with Gasteiger partial charge in [-0.2, -0.15) is 0 Å². The molecular formula is C16H21FN2O3. The van der Waals surface area contributed by atoms with Gasteiger partial charge in [-0.1, -0.05) is 12.1 Å². The minimum atomic E-state index is -0.579. The fraction of sp³-hybridized carbons (Fsp3) is 0.562. The average Bonchev–Trinajstić information content (AvgIpc) is 2.56. The first-order valence-corrected chi connectivity index (χ1v) is 7.66. The Kier molecular flexibility index (Phi) is 4.31. The summed E-state index contributed by atoms with van der Waals surface area (Å²) >= 11 is 0. The van der Waals surface area contributed by atoms with Crippen LogP contribution in [0.1, 0.15) is 30.9 Å². The van der Waals surface area contributed by atoms with Gasteiger partial charge in [0.05, 0.1) is 18.1 Å². The molecule has 0 unspecified atom stereocenters. The zero-order valence-electron chi connectivity index (χ0n) is 12.4. The van der Waals surface area contributed by atoms with E-state index in [1.807, 2.05) is 0 Å². The molecule has 22 heavy (non-hydrogen) atoms. The highest BCUT2D eigenvalue weighted by Gasteiger charge is 2.40. The first kappa shape index (κ1) is 15.2. The van der Waals surface area contributed by atoms with E-state index in [1.165, 1.54) is 6.07 Å². The molecule has 1 atom stereocenters. The first-order valence-electron chi connectivity index (χ1n) is 7.66. The van der Waals surface area contributed by atoms with Gasteiger partial charge in [0.1, 0.15) is 0 Å². The highest BCUT2D eigenvalue weighted by molar-refractivity contribution is 5.83. The normalized spacial score (nSPS) is 23.3. The summed E-state index contributed by atoms with van der Waals surface area (Å²) < 4.78 is 24.5. The molecule has 2 heterocycles. The van der Waals surface area contributed by atoms with Crippen LogP contribution in [0, 0.1) is 11.2 Å². The van der Waals surface area contributed by atoms with E-state index >= 15 is 0 Å². The van der Waals surface area contributed by atoms with Crippen LogP contribution in [0.5, 0.6) is 5.75 Å². The fourth-order valence-corrected chi connectivity index (χ4v) is 3.13. The number of hydrogen-bond acceptors (Lipinski definition) is 4. The molecule has 120 valence electrons. The lowest BCUT2D eigenvalue weighted by Gasteiger charge is -2.37. The van der Waals surface area contributed by atoms with E-state index in [2.05, 4.69) is 5.32 Å². The molecule has 2 aliphatic rings. The topological polar surface area (TPSA) is 73.6 Å². The van der Waals surface area contributed by atoms with Gasteiger partial charge in [-0.3, -0.25) is 4.79 Å². The van der Waals surface area contributed by atoms with Crippen LogP contribution in [0.25, 0.3) is 0 Å². The molecule has 6 heteroatoms. The fourth-order valence-electron chi connectivity index (χ4n) is 3.13. The minimum Gasteiger partial charge on any atom is -0.490 e. The third-order valence-electron chi connectivity index (χ3n) is 4.65. The average molecular weight is 308 g/mol. The summed E-state index contributed by atoms with van der Waals surface area (Å²) in [5.74, 6) is -0.218. The van der Waals surface area contributed by atoms with Crippen LogP contribution in [0.15, 0.2) is 18.2 Å². The molecule has 0 aliphatic carbocycles. The lowest BCUT2D eigenvalue weighted by atomic mass is 9.79. The van der Waals surface area contributed by atoms with Crippen LogP contribution in [0.3, 0.4) is 0 Å². The Hall–Kier alpha value is -1.66. The van der Waals surface area contributed by atoms with Crippen molar-refractivity contribution in [3.05, 3.63) is 29.6 Å². The zero-order chi connectivity index (χ0) is 15.6. The van der Waals surface area contributed by atoms with E-state index in [1.54, 1.807) is 12.1 Å². The molecule has 1 aromatic rings. The number of carbonyl (C=O) groups excluding carboxylic acids is 1. The van der Waals surface area contributed by atoms with E-state index in [-0.39, 0.29) is 17.7 Å². The van der Waals surface area contributed by atoms with Crippen molar-refractivity contribution in [2.75, 3.05) is 26.4 Å². The Morgan fingerprint density at radius 2 is 2.14 bits per heavy atom. The smallest absolute Gasteiger partial charge is 0.228 e. The Morgan fingerprint density at radius 3 is 2.86 bits per heavy atom. The molecular weight excluding hydrogens is 287 g/mol. The van der Waals surface area contributed by atoms with Crippen molar-refractivity contribution < 1.29 is 18.7 Å². The summed E-state index contributed by atoms with van der Waals surface area (Å²) in [5.41, 5.74) is 5.98. The van der Waals surface area contributed by atoms with Crippen LogP contribution in [0.4, 0.5) is 4.39 Å². The van der Waals surface area contributed by atoms with E-state index < -0.39 is 11.2 Å². The van der Waals surface area contributed by atoms with Gasteiger partial charge in [0.15, 0.2) is 11.6 Å². The molecule has 3 rings (SSSR count). The molecule has 1 fully saturated rings. The Labute approximate surface area is 129 Å². The summed E-state index contributed by atoms with van der Waals surface area (Å²) in [4.78, 5) is 12.7. The summed E-state index contributed by atoms with van der Waals surface area (Å²) in [5, 5.41) is 3.04. The lowest BCUT2D eigenvalue weighted by molar-refractivity contribution is -0.136. The number of fused-ring (bicyclic) bond motifs is 1. The summed E-state index contributed by atoms with van der Waals surface area (Å²) in [6, 6.07) is 4.55. The monoisotopic (exact) mass is 308 g/mol. The number of hydrogen-bond donors (Lipinski definition) is 2. The predicted molar refractivity (Wildman–Crippen MR) is 78.9 cm³/mol. The maximum absolute atomic E-state index is 13.8. The molecule has 0 aromatic heterocycles. The molecule has 5 nitrogen and oxygen atoms in total. The van der Waals surface area contributed by atoms with Crippen molar-refractivity contribution in [3.8, 4) is 5.75 Å². The van der Waals surface area contributed by atoms with Crippen molar-refractivity contribution >= 4 is 5.91 Å². The van der Waals surface area contributed by atoms with Crippen molar-refractivity contribution in [2.24, 2.45) is 11.1 Å². The number of carbonyl (C=O) groups is 1. The second kappa shape index (κ2) is 6.22. The number of amides is 1. The maximum Gasteiger partial charge on any atom is 0.228 e. The van der Waals surface area contributed by atoms with E-state index in [4.69, 9.17) is 15.2 Å². The van der Waals surface area contributed by atoms with Gasteiger partial charge in [0.2, 0.25) is 5.91 Å². The highest BCUT2D eigenvalue weighted by atomic mass is 19.1. The molecule has 3 N–H and O–H groups in total. The molecule has 1 aromatic carbocycles. The second-order valence-electron chi connectivity index (χ2n) is 5.92. The van der Waals surface area contributed by atoms with Gasteiger partial charge in [0, 0.05) is 31.7 Å². The third-order valence-corrected chi connectivity index (χ3v) is 4.65. The molecule has 0 bridgehead atoms. The van der Waals surface area contributed by atoms with Gasteiger partial charge in [-0.05, 0) is 18.9 Å². The van der Waals surface area contributed by atoms with Gasteiger partial charge in [0.25, 0.3) is 0 Å². The first-order chi connectivity index (χ1) is 10.7. The van der Waals surface area contributed by atoms with Crippen molar-refractivity contribution in [2.45, 2.75) is 25.3 Å². The lowest BCUT2D eigenvalue weighted by Crippen LogP contribution is -2.50. The second-order valence-corrected chi connectivity index (χ2v) is 5.92. The maximum atomic E-state index is 13.8. The number of benzene rings is 1. The van der Waals surface area contributed by atoms with Crippen LogP contribution in [0.2, 0.25) is 0 Å². The largest absolute Gasteiger partial charge is 0.490 e. The number of nitrogens with two attached hydrogens (primary N) is 1. The van der Waals surface area contributed by atoms with Crippen LogP contribution < -0.4 is 15.8 Å². The van der Waals surface area contributed by atoms with Gasteiger partial charge >= 0.3 is 0 Å². The summed E-state index contributed by atoms with van der Waals surface area (Å²) in [6.45, 7) is 1.77. The number of ether oxygens (including phenoxy) is 2. The number of rotatable bonds is 3. The van der Waals surface area contributed by atoms with E-state index in [9.17, 15) is 9.18 Å². The molecule has 0 radical (unpaired) electrons. The number of para-hydroxylation sites is 1. The van der Waals surface area contributed by atoms with E-state index in [0.717, 1.165) is 0 Å². The Morgan fingerprint density at radius 1 is 1.36 bits per heavy atom. The summed E-state index contributed by atoms with van der Waals surface area (Å²) in [7, 11) is 0. The SMILES string of the molecule is NCC1(C(=O)N[C@@H]2CCOc3c(F)cccc32)CCOCC1. The Balaban J connectivity index is 1.79. The molecule has 1 saturated heterocycles. The van der Waals surface area contributed by atoms with Crippen LogP contribution in [-0.4, -0.2) is 32.3 Å². The molecule has 1 amide bonds. The molecule has 2 aliphatic heterocycles. The van der Waals surface area contributed by atoms with E-state index in [0.29, 0.717) is 51.2 Å². The van der Waals surface area contributed by atoms with Crippen LogP contribution in [-0.2, 0) is 9.53 Å². The number of halogens is 1. The zero-order valence-corrected chi connectivity index (χ0v) is 12.4.